The molecular formula is C24H26FN3O3. The van der Waals surface area contributed by atoms with E-state index in [0.717, 1.165) is 24.2 Å². The van der Waals surface area contributed by atoms with Crippen LogP contribution in [0.3, 0.4) is 0 Å². The molecule has 4 rings (SSSR count). The van der Waals surface area contributed by atoms with Gasteiger partial charge in [-0.1, -0.05) is 35.5 Å². The number of carbonyl (C=O) groups is 1. The van der Waals surface area contributed by atoms with Gasteiger partial charge in [0.2, 0.25) is 5.91 Å². The number of hydrogen-bond donors (Lipinski definition) is 1. The molecule has 0 spiro atoms. The summed E-state index contributed by atoms with van der Waals surface area (Å²) < 4.78 is 24.3. The first-order valence-corrected chi connectivity index (χ1v) is 10.4. The molecule has 1 aliphatic heterocycles. The third-order valence-electron chi connectivity index (χ3n) is 5.77. The third-order valence-corrected chi connectivity index (χ3v) is 5.77. The molecule has 162 valence electrons. The molecule has 3 aromatic rings. The van der Waals surface area contributed by atoms with Gasteiger partial charge in [0.05, 0.1) is 5.41 Å². The molecule has 1 N–H and O–H groups in total. The van der Waals surface area contributed by atoms with Gasteiger partial charge in [-0.3, -0.25) is 9.69 Å². The standard InChI is InChI=1S/C24H26FN3O3/c1-26-23(29)24(16-21-15-22(27-31-21)18-5-3-2-4-6-18)11-12-28(17-24)13-14-30-20-9-7-19(25)8-10-20/h2-10,15H,11-14,16-17H2,1H3,(H,26,29). The summed E-state index contributed by atoms with van der Waals surface area (Å²) >= 11 is 0. The number of carbonyl (C=O) groups excluding carboxylic acids is 1. The summed E-state index contributed by atoms with van der Waals surface area (Å²) in [6.07, 6.45) is 1.21. The van der Waals surface area contributed by atoms with Crippen LogP contribution in [-0.2, 0) is 11.2 Å². The summed E-state index contributed by atoms with van der Waals surface area (Å²) in [6, 6.07) is 17.7. The van der Waals surface area contributed by atoms with E-state index in [-0.39, 0.29) is 11.7 Å². The second kappa shape index (κ2) is 9.31. The minimum Gasteiger partial charge on any atom is -0.492 e. The molecule has 7 heteroatoms. The Bertz CT molecular complexity index is 1010. The number of ether oxygens (including phenoxy) is 1. The smallest absolute Gasteiger partial charge is 0.227 e. The van der Waals surface area contributed by atoms with Crippen LogP contribution in [0.4, 0.5) is 4.39 Å². The van der Waals surface area contributed by atoms with Crippen molar-refractivity contribution in [3.8, 4) is 17.0 Å². The number of benzene rings is 2. The first-order chi connectivity index (χ1) is 15.1. The van der Waals surface area contributed by atoms with Gasteiger partial charge in [-0.15, -0.1) is 0 Å². The minimum atomic E-state index is -0.571. The van der Waals surface area contributed by atoms with Crippen molar-refractivity contribution in [1.82, 2.24) is 15.4 Å². The molecule has 1 unspecified atom stereocenters. The zero-order valence-electron chi connectivity index (χ0n) is 17.5. The first kappa shape index (κ1) is 21.1. The zero-order chi connectivity index (χ0) is 21.7. The molecule has 1 aliphatic rings. The van der Waals surface area contributed by atoms with E-state index >= 15 is 0 Å². The van der Waals surface area contributed by atoms with E-state index < -0.39 is 5.41 Å². The maximum absolute atomic E-state index is 13.0. The van der Waals surface area contributed by atoms with Crippen LogP contribution in [0.15, 0.2) is 65.2 Å². The van der Waals surface area contributed by atoms with Crippen molar-refractivity contribution in [2.45, 2.75) is 12.8 Å². The van der Waals surface area contributed by atoms with Gasteiger partial charge in [0.25, 0.3) is 0 Å². The fraction of sp³-hybridized carbons (Fsp3) is 0.333. The minimum absolute atomic E-state index is 0.00659. The van der Waals surface area contributed by atoms with E-state index in [1.54, 1.807) is 19.2 Å². The van der Waals surface area contributed by atoms with E-state index in [4.69, 9.17) is 9.26 Å². The van der Waals surface area contributed by atoms with Gasteiger partial charge in [0, 0.05) is 38.2 Å². The Morgan fingerprint density at radius 2 is 2.00 bits per heavy atom. The fourth-order valence-corrected chi connectivity index (χ4v) is 4.12. The number of halogens is 1. The van der Waals surface area contributed by atoms with Gasteiger partial charge in [0.15, 0.2) is 0 Å². The van der Waals surface area contributed by atoms with Gasteiger partial charge in [-0.25, -0.2) is 4.39 Å². The Labute approximate surface area is 181 Å². The maximum atomic E-state index is 13.0. The Kier molecular flexibility index (Phi) is 6.32. The van der Waals surface area contributed by atoms with Crippen LogP contribution in [0.1, 0.15) is 12.2 Å². The van der Waals surface area contributed by atoms with Gasteiger partial charge in [-0.2, -0.15) is 0 Å². The summed E-state index contributed by atoms with van der Waals surface area (Å²) in [5.41, 5.74) is 1.18. The Morgan fingerprint density at radius 1 is 1.23 bits per heavy atom. The number of nitrogens with one attached hydrogen (secondary N) is 1. The van der Waals surface area contributed by atoms with Crippen LogP contribution in [0.25, 0.3) is 11.3 Å². The lowest BCUT2D eigenvalue weighted by Gasteiger charge is -2.26. The summed E-state index contributed by atoms with van der Waals surface area (Å²) in [5.74, 6) is 1.05. The number of nitrogens with zero attached hydrogens (tertiary/aromatic N) is 2. The average Bonchev–Trinajstić information content (AvgIpc) is 3.43. The molecule has 2 aromatic carbocycles. The number of rotatable bonds is 8. The summed E-state index contributed by atoms with van der Waals surface area (Å²) in [4.78, 5) is 15.0. The van der Waals surface area contributed by atoms with E-state index in [1.165, 1.54) is 12.1 Å². The van der Waals surface area contributed by atoms with E-state index in [1.807, 2.05) is 36.4 Å². The molecule has 1 saturated heterocycles. The Hall–Kier alpha value is -3.19. The SMILES string of the molecule is CNC(=O)C1(Cc2cc(-c3ccccc3)no2)CCN(CCOc2ccc(F)cc2)C1. The van der Waals surface area contributed by atoms with E-state index in [0.29, 0.717) is 37.6 Å². The van der Waals surface area contributed by atoms with E-state index in [2.05, 4.69) is 15.4 Å². The van der Waals surface area contributed by atoms with Gasteiger partial charge < -0.3 is 14.6 Å². The molecule has 1 amide bonds. The van der Waals surface area contributed by atoms with Gasteiger partial charge in [0.1, 0.15) is 29.6 Å². The highest BCUT2D eigenvalue weighted by Crippen LogP contribution is 2.35. The number of aromatic nitrogens is 1. The number of hydrogen-bond acceptors (Lipinski definition) is 5. The molecule has 1 aromatic heterocycles. The highest BCUT2D eigenvalue weighted by Gasteiger charge is 2.45. The molecule has 0 radical (unpaired) electrons. The summed E-state index contributed by atoms with van der Waals surface area (Å²) in [7, 11) is 1.67. The molecule has 1 fully saturated rings. The number of likely N-dealkylation sites (tertiary alicyclic amines) is 1. The second-order valence-corrected chi connectivity index (χ2v) is 7.91. The molecular weight excluding hydrogens is 397 g/mol. The fourth-order valence-electron chi connectivity index (χ4n) is 4.12. The predicted molar refractivity (Wildman–Crippen MR) is 115 cm³/mol. The summed E-state index contributed by atoms with van der Waals surface area (Å²) in [6.45, 7) is 2.55. The van der Waals surface area contributed by atoms with Crippen LogP contribution in [-0.4, -0.2) is 49.3 Å². The molecule has 2 heterocycles. The van der Waals surface area contributed by atoms with Gasteiger partial charge in [-0.05, 0) is 37.2 Å². The van der Waals surface area contributed by atoms with Crippen molar-refractivity contribution in [3.63, 3.8) is 0 Å². The topological polar surface area (TPSA) is 67.6 Å². The normalized spacial score (nSPS) is 18.8. The van der Waals surface area contributed by atoms with Crippen molar-refractivity contribution >= 4 is 5.91 Å². The Morgan fingerprint density at radius 3 is 2.74 bits per heavy atom. The Balaban J connectivity index is 1.39. The molecule has 1 atom stereocenters. The molecule has 0 aliphatic carbocycles. The monoisotopic (exact) mass is 423 g/mol. The van der Waals surface area contributed by atoms with Crippen LogP contribution in [0.2, 0.25) is 0 Å². The van der Waals surface area contributed by atoms with Crippen molar-refractivity contribution in [2.75, 3.05) is 33.3 Å². The highest BCUT2D eigenvalue weighted by atomic mass is 19.1. The lowest BCUT2D eigenvalue weighted by atomic mass is 9.81. The highest BCUT2D eigenvalue weighted by molar-refractivity contribution is 5.83. The van der Waals surface area contributed by atoms with Gasteiger partial charge >= 0.3 is 0 Å². The van der Waals surface area contributed by atoms with Crippen LogP contribution < -0.4 is 10.1 Å². The predicted octanol–water partition coefficient (Wildman–Crippen LogP) is 3.54. The average molecular weight is 423 g/mol. The van der Waals surface area contributed by atoms with Crippen LogP contribution >= 0.6 is 0 Å². The number of amides is 1. The lowest BCUT2D eigenvalue weighted by molar-refractivity contribution is -0.130. The van der Waals surface area contributed by atoms with Crippen molar-refractivity contribution in [3.05, 3.63) is 72.2 Å². The zero-order valence-corrected chi connectivity index (χ0v) is 17.5. The van der Waals surface area contributed by atoms with Crippen molar-refractivity contribution in [2.24, 2.45) is 5.41 Å². The van der Waals surface area contributed by atoms with Crippen LogP contribution in [0, 0.1) is 11.2 Å². The third kappa shape index (κ3) is 4.94. The maximum Gasteiger partial charge on any atom is 0.227 e. The molecule has 0 saturated carbocycles. The van der Waals surface area contributed by atoms with E-state index in [9.17, 15) is 9.18 Å². The second-order valence-electron chi connectivity index (χ2n) is 7.91. The molecule has 6 nitrogen and oxygen atoms in total. The first-order valence-electron chi connectivity index (χ1n) is 10.4. The quantitative estimate of drug-likeness (QED) is 0.600. The van der Waals surface area contributed by atoms with Crippen molar-refractivity contribution in [1.29, 1.82) is 0 Å². The molecule has 31 heavy (non-hydrogen) atoms. The van der Waals surface area contributed by atoms with Crippen molar-refractivity contribution < 1.29 is 18.4 Å². The molecule has 0 bridgehead atoms. The lowest BCUT2D eigenvalue weighted by Crippen LogP contribution is -2.43. The summed E-state index contributed by atoms with van der Waals surface area (Å²) in [5, 5.41) is 7.01. The van der Waals surface area contributed by atoms with Crippen LogP contribution in [0.5, 0.6) is 5.75 Å². The largest absolute Gasteiger partial charge is 0.492 e.